The van der Waals surface area contributed by atoms with Crippen LogP contribution in [0, 0.1) is 0 Å². The Bertz CT molecular complexity index is 762. The minimum Gasteiger partial charge on any atom is -0.395 e. The molecule has 0 spiro atoms. The van der Waals surface area contributed by atoms with E-state index < -0.39 is 22.1 Å². The molecule has 0 radical (unpaired) electrons. The smallest absolute Gasteiger partial charge is 0.212 e. The molecule has 2 heterocycles. The normalized spacial score (nSPS) is 22.5. The van der Waals surface area contributed by atoms with Crippen molar-refractivity contribution in [3.8, 4) is 0 Å². The molecule has 1 N–H and O–H groups in total. The monoisotopic (exact) mass is 337 g/mol. The summed E-state index contributed by atoms with van der Waals surface area (Å²) in [5.41, 5.74) is 1.03. The molecule has 2 atom stereocenters. The minimum absolute atomic E-state index is 0.205. The first-order chi connectivity index (χ1) is 11.0. The van der Waals surface area contributed by atoms with Gasteiger partial charge in [-0.05, 0) is 28.8 Å². The van der Waals surface area contributed by atoms with E-state index in [1.165, 1.54) is 4.31 Å². The van der Waals surface area contributed by atoms with Gasteiger partial charge in [0.05, 0.1) is 25.4 Å². The van der Waals surface area contributed by atoms with Crippen LogP contribution in [0.2, 0.25) is 0 Å². The molecule has 0 saturated carbocycles. The molecule has 0 amide bonds. The molecule has 8 nitrogen and oxygen atoms in total. The Morgan fingerprint density at radius 2 is 2.00 bits per heavy atom. The first-order valence-corrected chi connectivity index (χ1v) is 9.25. The molecule has 1 fully saturated rings. The Morgan fingerprint density at radius 3 is 2.65 bits per heavy atom. The number of benzene rings is 1. The van der Waals surface area contributed by atoms with Crippen molar-refractivity contribution in [3.05, 3.63) is 41.7 Å². The maximum Gasteiger partial charge on any atom is 0.212 e. The standard InChI is InChI=1S/C14H19N5O3S/c1-23(21,22)19-12(10-20)7-8-13(19)14-15-16-17-18(14)9-11-5-3-2-4-6-11/h2-6,12-13,20H,7-10H2,1H3/t12-,13+/m0/s1. The largest absolute Gasteiger partial charge is 0.395 e. The Balaban J connectivity index is 1.92. The summed E-state index contributed by atoms with van der Waals surface area (Å²) < 4.78 is 27.2. The van der Waals surface area contributed by atoms with Crippen molar-refractivity contribution < 1.29 is 13.5 Å². The average molecular weight is 337 g/mol. The fourth-order valence-electron chi connectivity index (χ4n) is 3.09. The second-order valence-electron chi connectivity index (χ2n) is 5.70. The summed E-state index contributed by atoms with van der Waals surface area (Å²) in [7, 11) is -3.46. The molecule has 0 bridgehead atoms. The number of hydrogen-bond acceptors (Lipinski definition) is 6. The lowest BCUT2D eigenvalue weighted by atomic mass is 10.2. The highest BCUT2D eigenvalue weighted by Crippen LogP contribution is 2.36. The topological polar surface area (TPSA) is 101 Å². The fourth-order valence-corrected chi connectivity index (χ4v) is 4.47. The molecule has 1 aliphatic heterocycles. The lowest BCUT2D eigenvalue weighted by Crippen LogP contribution is -2.39. The predicted octanol–water partition coefficient (Wildman–Crippen LogP) is 0.179. The third kappa shape index (κ3) is 3.26. The van der Waals surface area contributed by atoms with Crippen LogP contribution >= 0.6 is 0 Å². The Kier molecular flexibility index (Phi) is 4.42. The highest BCUT2D eigenvalue weighted by atomic mass is 32.2. The molecule has 124 valence electrons. The van der Waals surface area contributed by atoms with E-state index >= 15 is 0 Å². The molecule has 0 unspecified atom stereocenters. The zero-order valence-electron chi connectivity index (χ0n) is 12.8. The highest BCUT2D eigenvalue weighted by molar-refractivity contribution is 7.88. The quantitative estimate of drug-likeness (QED) is 0.835. The lowest BCUT2D eigenvalue weighted by molar-refractivity contribution is 0.195. The molecular weight excluding hydrogens is 318 g/mol. The van der Waals surface area contributed by atoms with E-state index in [4.69, 9.17) is 0 Å². The van der Waals surface area contributed by atoms with Crippen molar-refractivity contribution >= 4 is 10.0 Å². The molecule has 0 aliphatic carbocycles. The number of aliphatic hydroxyl groups excluding tert-OH is 1. The van der Waals surface area contributed by atoms with Crippen molar-refractivity contribution in [2.75, 3.05) is 12.9 Å². The summed E-state index contributed by atoms with van der Waals surface area (Å²) in [5.74, 6) is 0.509. The summed E-state index contributed by atoms with van der Waals surface area (Å²) in [4.78, 5) is 0. The zero-order chi connectivity index (χ0) is 16.4. The van der Waals surface area contributed by atoms with E-state index in [1.807, 2.05) is 30.3 Å². The number of hydrogen-bond donors (Lipinski definition) is 1. The number of sulfonamides is 1. The van der Waals surface area contributed by atoms with Gasteiger partial charge in [0.2, 0.25) is 10.0 Å². The van der Waals surface area contributed by atoms with E-state index in [0.717, 1.165) is 11.8 Å². The Hall–Kier alpha value is -1.84. The van der Waals surface area contributed by atoms with Gasteiger partial charge in [-0.1, -0.05) is 30.3 Å². The lowest BCUT2D eigenvalue weighted by Gasteiger charge is -2.26. The van der Waals surface area contributed by atoms with Crippen molar-refractivity contribution in [3.63, 3.8) is 0 Å². The van der Waals surface area contributed by atoms with Crippen LogP contribution in [0.25, 0.3) is 0 Å². The minimum atomic E-state index is -3.46. The van der Waals surface area contributed by atoms with Gasteiger partial charge in [0.25, 0.3) is 0 Å². The first-order valence-electron chi connectivity index (χ1n) is 7.40. The summed E-state index contributed by atoms with van der Waals surface area (Å²) in [6, 6.07) is 8.85. The van der Waals surface area contributed by atoms with Gasteiger partial charge in [-0.3, -0.25) is 0 Å². The van der Waals surface area contributed by atoms with Crippen LogP contribution in [-0.4, -0.2) is 56.9 Å². The van der Waals surface area contributed by atoms with Crippen LogP contribution < -0.4 is 0 Å². The Labute approximate surface area is 134 Å². The number of rotatable bonds is 5. The number of nitrogens with zero attached hydrogens (tertiary/aromatic N) is 5. The van der Waals surface area contributed by atoms with E-state index in [2.05, 4.69) is 15.5 Å². The van der Waals surface area contributed by atoms with Crippen molar-refractivity contribution in [1.82, 2.24) is 24.5 Å². The predicted molar refractivity (Wildman–Crippen MR) is 82.9 cm³/mol. The maximum absolute atomic E-state index is 12.1. The van der Waals surface area contributed by atoms with E-state index in [-0.39, 0.29) is 6.61 Å². The molecule has 23 heavy (non-hydrogen) atoms. The van der Waals surface area contributed by atoms with Crippen LogP contribution in [0.4, 0.5) is 0 Å². The van der Waals surface area contributed by atoms with Crippen LogP contribution in [0.1, 0.15) is 30.3 Å². The number of aliphatic hydroxyl groups is 1. The summed E-state index contributed by atoms with van der Waals surface area (Å²) in [6.07, 6.45) is 2.33. The second-order valence-corrected chi connectivity index (χ2v) is 7.59. The first kappa shape index (κ1) is 16.0. The fraction of sp³-hybridized carbons (Fsp3) is 0.500. The van der Waals surface area contributed by atoms with Gasteiger partial charge >= 0.3 is 0 Å². The van der Waals surface area contributed by atoms with E-state index in [1.54, 1.807) is 4.68 Å². The van der Waals surface area contributed by atoms with Gasteiger partial charge in [-0.15, -0.1) is 5.10 Å². The molecular formula is C14H19N5O3S. The SMILES string of the molecule is CS(=O)(=O)N1[C@H](CO)CC[C@@H]1c1nnnn1Cc1ccccc1. The third-order valence-electron chi connectivity index (χ3n) is 4.07. The Morgan fingerprint density at radius 1 is 1.26 bits per heavy atom. The molecule has 2 aromatic rings. The average Bonchev–Trinajstić information content (AvgIpc) is 3.13. The number of aromatic nitrogens is 4. The summed E-state index contributed by atoms with van der Waals surface area (Å²) in [5, 5.41) is 21.2. The van der Waals surface area contributed by atoms with Crippen LogP contribution in [0.5, 0.6) is 0 Å². The molecule has 1 saturated heterocycles. The summed E-state index contributed by atoms with van der Waals surface area (Å²) >= 11 is 0. The van der Waals surface area contributed by atoms with Gasteiger partial charge in [0.15, 0.2) is 5.82 Å². The zero-order valence-corrected chi connectivity index (χ0v) is 13.6. The van der Waals surface area contributed by atoms with Gasteiger partial charge in [0, 0.05) is 6.04 Å². The van der Waals surface area contributed by atoms with Crippen LogP contribution in [-0.2, 0) is 16.6 Å². The van der Waals surface area contributed by atoms with Crippen LogP contribution in [0.3, 0.4) is 0 Å². The molecule has 1 aromatic heterocycles. The van der Waals surface area contributed by atoms with Gasteiger partial charge in [0.1, 0.15) is 0 Å². The van der Waals surface area contributed by atoms with Gasteiger partial charge < -0.3 is 5.11 Å². The second kappa shape index (κ2) is 6.34. The molecule has 1 aromatic carbocycles. The molecule has 9 heteroatoms. The summed E-state index contributed by atoms with van der Waals surface area (Å²) in [6.45, 7) is 0.269. The highest BCUT2D eigenvalue weighted by Gasteiger charge is 2.42. The van der Waals surface area contributed by atoms with Crippen molar-refractivity contribution in [2.24, 2.45) is 0 Å². The van der Waals surface area contributed by atoms with E-state index in [0.29, 0.717) is 25.2 Å². The van der Waals surface area contributed by atoms with E-state index in [9.17, 15) is 13.5 Å². The molecule has 3 rings (SSSR count). The van der Waals surface area contributed by atoms with Crippen molar-refractivity contribution in [2.45, 2.75) is 31.5 Å². The maximum atomic E-state index is 12.1. The van der Waals surface area contributed by atoms with Gasteiger partial charge in [-0.2, -0.15) is 4.31 Å². The molecule has 1 aliphatic rings. The van der Waals surface area contributed by atoms with Crippen LogP contribution in [0.15, 0.2) is 30.3 Å². The van der Waals surface area contributed by atoms with Gasteiger partial charge in [-0.25, -0.2) is 13.1 Å². The number of tetrazole rings is 1. The van der Waals surface area contributed by atoms with Crippen molar-refractivity contribution in [1.29, 1.82) is 0 Å². The third-order valence-corrected chi connectivity index (χ3v) is 5.39.